The van der Waals surface area contributed by atoms with Crippen LogP contribution in [0.5, 0.6) is 11.5 Å². The molecule has 3 heterocycles. The van der Waals surface area contributed by atoms with Crippen LogP contribution in [0, 0.1) is 21.7 Å². The van der Waals surface area contributed by atoms with Crippen molar-refractivity contribution in [2.24, 2.45) is 21.7 Å². The first-order chi connectivity index (χ1) is 30.1. The van der Waals surface area contributed by atoms with Gasteiger partial charge in [-0.15, -0.1) is 0 Å². The van der Waals surface area contributed by atoms with Crippen molar-refractivity contribution < 1.29 is 66.8 Å². The van der Waals surface area contributed by atoms with E-state index in [1.54, 1.807) is 31.2 Å². The zero-order chi connectivity index (χ0) is 47.4. The first-order valence-corrected chi connectivity index (χ1v) is 22.5. The highest BCUT2D eigenvalue weighted by Gasteiger charge is 2.82. The lowest BCUT2D eigenvalue weighted by atomic mass is 9.57. The smallest absolute Gasteiger partial charge is 0.308 e. The van der Waals surface area contributed by atoms with Gasteiger partial charge in [0.05, 0.1) is 39.6 Å². The average Bonchev–Trinajstić information content (AvgIpc) is 3.61. The Morgan fingerprint density at radius 2 is 1.23 bits per heavy atom. The van der Waals surface area contributed by atoms with Crippen molar-refractivity contribution in [3.63, 3.8) is 0 Å². The molecule has 0 bridgehead atoms. The number of hydrogen-bond acceptors (Lipinski definition) is 14. The number of hydrogen-bond donors (Lipinski definition) is 0. The van der Waals surface area contributed by atoms with E-state index in [1.807, 2.05) is 31.2 Å². The lowest BCUT2D eigenvalue weighted by Crippen LogP contribution is -2.74. The van der Waals surface area contributed by atoms with Crippen molar-refractivity contribution >= 4 is 29.6 Å². The first-order valence-electron chi connectivity index (χ1n) is 22.5. The van der Waals surface area contributed by atoms with E-state index in [9.17, 15) is 19.2 Å². The van der Waals surface area contributed by atoms with E-state index in [1.165, 1.54) is 19.4 Å². The summed E-state index contributed by atoms with van der Waals surface area (Å²) in [4.78, 5) is 57.4. The van der Waals surface area contributed by atoms with Crippen molar-refractivity contribution in [2.45, 2.75) is 133 Å². The molecule has 2 atom stereocenters. The molecule has 3 aliphatic rings. The van der Waals surface area contributed by atoms with Gasteiger partial charge in [0.15, 0.2) is 5.60 Å². The Morgan fingerprint density at radius 3 is 1.77 bits per heavy atom. The summed E-state index contributed by atoms with van der Waals surface area (Å²) >= 11 is 0. The number of unbranched alkanes of at least 4 members (excludes halogenated alkanes) is 2. The second-order valence-corrected chi connectivity index (χ2v) is 19.2. The van der Waals surface area contributed by atoms with Gasteiger partial charge in [0, 0.05) is 72.7 Å². The molecule has 0 amide bonds. The van der Waals surface area contributed by atoms with Gasteiger partial charge < -0.3 is 37.9 Å². The van der Waals surface area contributed by atoms with E-state index in [4.69, 9.17) is 47.7 Å². The van der Waals surface area contributed by atoms with Crippen LogP contribution in [0.2, 0.25) is 0 Å². The fraction of sp³-hybridized carbons (Fsp3) is 0.640. The number of fused-ring (bicyclic) bond motifs is 1. The number of benzene rings is 2. The predicted octanol–water partition coefficient (Wildman–Crippen LogP) is 9.45. The van der Waals surface area contributed by atoms with Gasteiger partial charge in [0.25, 0.3) is 5.79 Å². The minimum atomic E-state index is -1.15. The van der Waals surface area contributed by atoms with Gasteiger partial charge in [0.2, 0.25) is 0 Å². The fourth-order valence-electron chi connectivity index (χ4n) is 9.27. The van der Waals surface area contributed by atoms with Gasteiger partial charge in [-0.1, -0.05) is 79.7 Å². The van der Waals surface area contributed by atoms with Crippen LogP contribution in [0.25, 0.3) is 5.76 Å². The molecule has 2 fully saturated rings. The van der Waals surface area contributed by atoms with Crippen LogP contribution >= 0.6 is 0 Å². The number of carbonyl (C=O) groups excluding carboxylic acids is 4. The Morgan fingerprint density at radius 1 is 0.688 bits per heavy atom. The highest BCUT2D eigenvalue weighted by Crippen LogP contribution is 2.69. The van der Waals surface area contributed by atoms with E-state index in [2.05, 4.69) is 55.4 Å². The van der Waals surface area contributed by atoms with Gasteiger partial charge >= 0.3 is 23.9 Å². The fourth-order valence-corrected chi connectivity index (χ4v) is 9.27. The summed E-state index contributed by atoms with van der Waals surface area (Å²) in [5.41, 5.74) is 0.668. The third-order valence-electron chi connectivity index (χ3n) is 11.7. The number of rotatable bonds is 22. The minimum absolute atomic E-state index is 0.149. The quantitative estimate of drug-likeness (QED) is 0.0476. The molecule has 0 saturated carbocycles. The van der Waals surface area contributed by atoms with Crippen LogP contribution in [0.1, 0.15) is 133 Å². The Hall–Kier alpha value is -4.34. The van der Waals surface area contributed by atoms with Crippen LogP contribution in [0.4, 0.5) is 0 Å². The molecule has 0 aromatic heterocycles. The molecule has 64 heavy (non-hydrogen) atoms. The Kier molecular flexibility index (Phi) is 18.2. The molecule has 14 nitrogen and oxygen atoms in total. The SMILES string of the molecule is CCOC(=O)CCCCOCC(C)(C)C12OOC1(c1cccc(OC(C)=O)c1)OCC2(C)C.CCOC(=O)CCCCOCC(C)(C)C1=C(c2cccc(OC(C)=O)c2)OCC1(C)C. The van der Waals surface area contributed by atoms with Crippen LogP contribution in [-0.2, 0) is 63.2 Å². The maximum atomic E-state index is 11.5. The number of carbonyl (C=O) groups is 4. The molecular formula is C50H72O14. The van der Waals surface area contributed by atoms with Gasteiger partial charge in [-0.05, 0) is 69.4 Å². The van der Waals surface area contributed by atoms with Crippen LogP contribution in [0.3, 0.4) is 0 Å². The lowest BCUT2D eigenvalue weighted by molar-refractivity contribution is -0.628. The van der Waals surface area contributed by atoms with Crippen LogP contribution in [-0.4, -0.2) is 82.3 Å². The first kappa shape index (κ1) is 52.3. The molecule has 0 spiro atoms. The third kappa shape index (κ3) is 12.3. The second kappa shape index (κ2) is 22.2. The summed E-state index contributed by atoms with van der Waals surface area (Å²) in [5, 5.41) is 0. The monoisotopic (exact) mass is 896 g/mol. The van der Waals surface area contributed by atoms with E-state index in [0.717, 1.165) is 36.1 Å². The summed E-state index contributed by atoms with van der Waals surface area (Å²) in [5.74, 6) is -0.482. The lowest BCUT2D eigenvalue weighted by Gasteiger charge is -2.61. The summed E-state index contributed by atoms with van der Waals surface area (Å²) < 4.78 is 44.9. The molecule has 2 aromatic rings. The predicted molar refractivity (Wildman–Crippen MR) is 239 cm³/mol. The number of esters is 4. The van der Waals surface area contributed by atoms with Gasteiger partial charge in [0.1, 0.15) is 17.3 Å². The maximum absolute atomic E-state index is 11.5. The molecule has 3 aliphatic heterocycles. The summed E-state index contributed by atoms with van der Waals surface area (Å²) in [6, 6.07) is 14.6. The van der Waals surface area contributed by atoms with Gasteiger partial charge in [-0.3, -0.25) is 19.2 Å². The van der Waals surface area contributed by atoms with Gasteiger partial charge in [-0.25, -0.2) is 4.89 Å². The molecule has 0 radical (unpaired) electrons. The Bertz CT molecular complexity index is 1950. The maximum Gasteiger partial charge on any atom is 0.308 e. The molecule has 0 aliphatic carbocycles. The van der Waals surface area contributed by atoms with Crippen molar-refractivity contribution in [1.29, 1.82) is 0 Å². The standard InChI is InChI=1S/C25H36O8.C25H36O6/c1-7-29-21(27)13-8-9-14-28-16-22(3,4)25-23(5,6)17-30-24(25,32-33-25)19-11-10-12-20(15-19)31-18(2)26;1-7-29-21(27)13-8-9-14-28-16-24(3,4)23-22(30-17-25(23,5)6)19-11-10-12-20(15-19)31-18(2)26/h10-12,15H,7-9,13-14,16-17H2,1-6H3;10-12,15H,7-9,13-14,16-17H2,1-6H3. The molecule has 0 N–H and O–H groups in total. The zero-order valence-corrected chi connectivity index (χ0v) is 40.2. The third-order valence-corrected chi connectivity index (χ3v) is 11.7. The van der Waals surface area contributed by atoms with Crippen molar-refractivity contribution in [3.05, 3.63) is 65.2 Å². The normalized spacial score (nSPS) is 20.8. The average molecular weight is 897 g/mol. The number of ether oxygens (including phenoxy) is 8. The molecule has 2 aromatic carbocycles. The van der Waals surface area contributed by atoms with Crippen molar-refractivity contribution in [2.75, 3.05) is 52.9 Å². The summed E-state index contributed by atoms with van der Waals surface area (Å²) in [7, 11) is 0. The van der Waals surface area contributed by atoms with Crippen molar-refractivity contribution in [1.82, 2.24) is 0 Å². The molecule has 2 unspecified atom stereocenters. The molecular weight excluding hydrogens is 825 g/mol. The second-order valence-electron chi connectivity index (χ2n) is 19.2. The highest BCUT2D eigenvalue weighted by molar-refractivity contribution is 5.72. The topological polar surface area (TPSA) is 161 Å². The zero-order valence-electron chi connectivity index (χ0n) is 40.2. The summed E-state index contributed by atoms with van der Waals surface area (Å²) in [6.45, 7) is 27.3. The highest BCUT2D eigenvalue weighted by atomic mass is 17.3. The molecule has 14 heteroatoms. The minimum Gasteiger partial charge on any atom is -0.492 e. The van der Waals surface area contributed by atoms with Gasteiger partial charge in [-0.2, -0.15) is 4.89 Å². The summed E-state index contributed by atoms with van der Waals surface area (Å²) in [6.07, 6.45) is 3.86. The largest absolute Gasteiger partial charge is 0.492 e. The van der Waals surface area contributed by atoms with E-state index in [0.29, 0.717) is 83.6 Å². The Balaban J connectivity index is 0.000000281. The van der Waals surface area contributed by atoms with Crippen molar-refractivity contribution in [3.8, 4) is 11.5 Å². The van der Waals surface area contributed by atoms with E-state index < -0.39 is 22.8 Å². The Labute approximate surface area is 379 Å². The van der Waals surface area contributed by atoms with E-state index in [-0.39, 0.29) is 34.2 Å². The molecule has 5 rings (SSSR count). The van der Waals surface area contributed by atoms with Crippen LogP contribution < -0.4 is 9.47 Å². The van der Waals surface area contributed by atoms with Crippen LogP contribution in [0.15, 0.2) is 54.1 Å². The van der Waals surface area contributed by atoms with E-state index >= 15 is 0 Å². The molecule has 2 saturated heterocycles. The molecule has 356 valence electrons.